The van der Waals surface area contributed by atoms with Gasteiger partial charge in [0.1, 0.15) is 0 Å². The molecule has 1 aromatic rings. The Labute approximate surface area is 52.8 Å². The molecule has 0 aliphatic carbocycles. The summed E-state index contributed by atoms with van der Waals surface area (Å²) in [5.41, 5.74) is 0.752. The van der Waals surface area contributed by atoms with Crippen LogP contribution in [-0.4, -0.2) is 5.11 Å². The fourth-order valence-electron chi connectivity index (χ4n) is 0.549. The highest BCUT2D eigenvalue weighted by Crippen LogP contribution is 1.91. The highest BCUT2D eigenvalue weighted by Gasteiger charge is 1.89. The number of hydrogen-bond acceptors (Lipinski definition) is 2. The Hall–Kier alpha value is -1.09. The summed E-state index contributed by atoms with van der Waals surface area (Å²) in [6.45, 7) is -0.0131. The summed E-state index contributed by atoms with van der Waals surface area (Å²) in [5, 5.41) is 18.9. The van der Waals surface area contributed by atoms with Gasteiger partial charge in [-0.2, -0.15) is 4.73 Å². The summed E-state index contributed by atoms with van der Waals surface area (Å²) in [4.78, 5) is 0. The molecule has 3 heteroatoms. The quantitative estimate of drug-likeness (QED) is 0.418. The predicted octanol–water partition coefficient (Wildman–Crippen LogP) is -0.188. The summed E-state index contributed by atoms with van der Waals surface area (Å²) in [6, 6.07) is 3.15. The predicted molar refractivity (Wildman–Crippen MR) is 31.3 cm³/mol. The number of nitrogens with zero attached hydrogens (tertiary/aromatic N) is 1. The monoisotopic (exact) mass is 125 g/mol. The van der Waals surface area contributed by atoms with Gasteiger partial charge in [-0.1, -0.05) is 0 Å². The molecule has 0 spiro atoms. The zero-order valence-electron chi connectivity index (χ0n) is 4.82. The molecule has 0 amide bonds. The van der Waals surface area contributed by atoms with Crippen LogP contribution in [0.4, 0.5) is 0 Å². The lowest BCUT2D eigenvalue weighted by molar-refractivity contribution is -0.605. The minimum atomic E-state index is -0.0131. The molecule has 1 rings (SSSR count). The third kappa shape index (κ3) is 1.40. The third-order valence-corrected chi connectivity index (χ3v) is 1.05. The standard InChI is InChI=1S/C6H7NO2/c8-5-6-1-3-7(9)4-2-6/h1-4,8H,5H2. The van der Waals surface area contributed by atoms with Gasteiger partial charge in [-0.25, -0.2) is 0 Å². The van der Waals surface area contributed by atoms with Gasteiger partial charge in [0.2, 0.25) is 0 Å². The molecule has 0 saturated heterocycles. The van der Waals surface area contributed by atoms with Crippen molar-refractivity contribution >= 4 is 0 Å². The first-order chi connectivity index (χ1) is 4.33. The van der Waals surface area contributed by atoms with Gasteiger partial charge in [0.15, 0.2) is 12.4 Å². The van der Waals surface area contributed by atoms with Crippen LogP contribution in [0.15, 0.2) is 24.5 Å². The Morgan fingerprint density at radius 3 is 2.44 bits per heavy atom. The Balaban J connectivity index is 2.88. The molecule has 0 fully saturated rings. The molecule has 0 aromatic carbocycles. The Bertz CT molecular complexity index is 183. The number of aromatic nitrogens is 1. The lowest BCUT2D eigenvalue weighted by Crippen LogP contribution is -2.23. The molecule has 0 aliphatic rings. The molecule has 3 nitrogen and oxygen atoms in total. The van der Waals surface area contributed by atoms with E-state index in [-0.39, 0.29) is 6.61 Å². The van der Waals surface area contributed by atoms with Crippen LogP contribution >= 0.6 is 0 Å². The van der Waals surface area contributed by atoms with Gasteiger partial charge in [-0.05, 0) is 5.56 Å². The van der Waals surface area contributed by atoms with E-state index in [9.17, 15) is 5.21 Å². The average molecular weight is 125 g/mol. The van der Waals surface area contributed by atoms with Crippen molar-refractivity contribution in [3.05, 3.63) is 35.3 Å². The SMILES string of the molecule is [O-][n+]1ccc(CO)cc1. The molecule has 1 heterocycles. The van der Waals surface area contributed by atoms with Crippen molar-refractivity contribution in [2.75, 3.05) is 0 Å². The smallest absolute Gasteiger partial charge is 0.180 e. The summed E-state index contributed by atoms with van der Waals surface area (Å²) in [7, 11) is 0. The van der Waals surface area contributed by atoms with Crippen LogP contribution in [0.5, 0.6) is 0 Å². The molecule has 9 heavy (non-hydrogen) atoms. The van der Waals surface area contributed by atoms with E-state index < -0.39 is 0 Å². The number of pyridine rings is 1. The van der Waals surface area contributed by atoms with Crippen molar-refractivity contribution in [2.45, 2.75) is 6.61 Å². The van der Waals surface area contributed by atoms with Gasteiger partial charge in [-0.3, -0.25) is 0 Å². The molecule has 0 bridgehead atoms. The van der Waals surface area contributed by atoms with Crippen molar-refractivity contribution in [1.82, 2.24) is 0 Å². The Kier molecular flexibility index (Phi) is 1.65. The first-order valence-electron chi connectivity index (χ1n) is 2.61. The maximum absolute atomic E-state index is 10.4. The lowest BCUT2D eigenvalue weighted by atomic mass is 10.3. The first kappa shape index (κ1) is 6.04. The fraction of sp³-hybridized carbons (Fsp3) is 0.167. The lowest BCUT2D eigenvalue weighted by Gasteiger charge is -1.94. The van der Waals surface area contributed by atoms with E-state index in [0.29, 0.717) is 4.73 Å². The maximum atomic E-state index is 10.4. The van der Waals surface area contributed by atoms with E-state index in [1.165, 1.54) is 12.4 Å². The number of aliphatic hydroxyl groups is 1. The second-order valence-electron chi connectivity index (χ2n) is 1.72. The second-order valence-corrected chi connectivity index (χ2v) is 1.72. The van der Waals surface area contributed by atoms with E-state index in [0.717, 1.165) is 5.56 Å². The van der Waals surface area contributed by atoms with Crippen molar-refractivity contribution in [2.24, 2.45) is 0 Å². The molecule has 0 radical (unpaired) electrons. The average Bonchev–Trinajstić information content (AvgIpc) is 1.90. The summed E-state index contributed by atoms with van der Waals surface area (Å²) in [5.74, 6) is 0. The molecule has 0 saturated carbocycles. The Morgan fingerprint density at radius 1 is 1.44 bits per heavy atom. The molecule has 1 N–H and O–H groups in total. The highest BCUT2D eigenvalue weighted by molar-refractivity contribution is 5.04. The van der Waals surface area contributed by atoms with Crippen molar-refractivity contribution in [3.8, 4) is 0 Å². The van der Waals surface area contributed by atoms with Crippen LogP contribution in [0.3, 0.4) is 0 Å². The zero-order valence-corrected chi connectivity index (χ0v) is 4.82. The van der Waals surface area contributed by atoms with E-state index in [1.807, 2.05) is 0 Å². The third-order valence-electron chi connectivity index (χ3n) is 1.05. The second kappa shape index (κ2) is 2.46. The van der Waals surface area contributed by atoms with E-state index >= 15 is 0 Å². The summed E-state index contributed by atoms with van der Waals surface area (Å²) in [6.07, 6.45) is 2.71. The molecular formula is C6H7NO2. The first-order valence-corrected chi connectivity index (χ1v) is 2.61. The molecule has 0 unspecified atom stereocenters. The van der Waals surface area contributed by atoms with Gasteiger partial charge >= 0.3 is 0 Å². The topological polar surface area (TPSA) is 47.2 Å². The van der Waals surface area contributed by atoms with Crippen molar-refractivity contribution in [1.29, 1.82) is 0 Å². The zero-order chi connectivity index (χ0) is 6.69. The molecule has 0 aliphatic heterocycles. The van der Waals surface area contributed by atoms with E-state index in [1.54, 1.807) is 12.1 Å². The molecule has 0 atom stereocenters. The molecule has 1 aromatic heterocycles. The van der Waals surface area contributed by atoms with Crippen LogP contribution in [-0.2, 0) is 6.61 Å². The van der Waals surface area contributed by atoms with Crippen LogP contribution in [0.2, 0.25) is 0 Å². The number of hydrogen-bond donors (Lipinski definition) is 1. The summed E-state index contributed by atoms with van der Waals surface area (Å²) >= 11 is 0. The normalized spacial score (nSPS) is 9.44. The maximum Gasteiger partial charge on any atom is 0.180 e. The number of rotatable bonds is 1. The minimum absolute atomic E-state index is 0.0131. The summed E-state index contributed by atoms with van der Waals surface area (Å²) < 4.78 is 0.680. The minimum Gasteiger partial charge on any atom is -0.619 e. The van der Waals surface area contributed by atoms with Crippen LogP contribution in [0, 0.1) is 5.21 Å². The van der Waals surface area contributed by atoms with Gasteiger partial charge in [0, 0.05) is 12.1 Å². The van der Waals surface area contributed by atoms with E-state index in [4.69, 9.17) is 5.11 Å². The molecular weight excluding hydrogens is 118 g/mol. The Morgan fingerprint density at radius 2 is 2.00 bits per heavy atom. The molecule has 48 valence electrons. The van der Waals surface area contributed by atoms with Crippen LogP contribution in [0.25, 0.3) is 0 Å². The largest absolute Gasteiger partial charge is 0.619 e. The van der Waals surface area contributed by atoms with Gasteiger partial charge < -0.3 is 10.3 Å². The van der Waals surface area contributed by atoms with Gasteiger partial charge in [0.25, 0.3) is 0 Å². The van der Waals surface area contributed by atoms with Crippen molar-refractivity contribution in [3.63, 3.8) is 0 Å². The van der Waals surface area contributed by atoms with Crippen LogP contribution < -0.4 is 4.73 Å². The highest BCUT2D eigenvalue weighted by atomic mass is 16.5. The van der Waals surface area contributed by atoms with Gasteiger partial charge in [-0.15, -0.1) is 0 Å². The number of aliphatic hydroxyl groups excluding tert-OH is 1. The van der Waals surface area contributed by atoms with Crippen molar-refractivity contribution < 1.29 is 9.84 Å². The van der Waals surface area contributed by atoms with Gasteiger partial charge in [0.05, 0.1) is 6.61 Å². The van der Waals surface area contributed by atoms with Crippen LogP contribution in [0.1, 0.15) is 5.56 Å². The fourth-order valence-corrected chi connectivity index (χ4v) is 0.549. The van der Waals surface area contributed by atoms with E-state index in [2.05, 4.69) is 0 Å².